The van der Waals surface area contributed by atoms with Gasteiger partial charge in [0.05, 0.1) is 11.7 Å². The number of fused-ring (bicyclic) bond motifs is 1. The Bertz CT molecular complexity index is 969. The maximum atomic E-state index is 12.5. The lowest BCUT2D eigenvalue weighted by Crippen LogP contribution is -2.31. The molecular formula is C20H24N4O3. The number of nitrogens with zero attached hydrogens (tertiary/aromatic N) is 2. The Balaban J connectivity index is 1.45. The molecule has 1 fully saturated rings. The molecule has 1 unspecified atom stereocenters. The number of amides is 2. The van der Waals surface area contributed by atoms with Crippen LogP contribution < -0.4 is 10.6 Å². The van der Waals surface area contributed by atoms with Crippen LogP contribution in [0.1, 0.15) is 48.9 Å². The Kier molecular flexibility index (Phi) is 4.61. The molecule has 1 aromatic carbocycles. The highest BCUT2D eigenvalue weighted by atomic mass is 16.5. The highest BCUT2D eigenvalue weighted by Crippen LogP contribution is 2.30. The van der Waals surface area contributed by atoms with E-state index in [1.54, 1.807) is 11.7 Å². The number of aryl methyl sites for hydroxylation is 2. The van der Waals surface area contributed by atoms with Crippen molar-refractivity contribution in [2.45, 2.75) is 38.8 Å². The molecule has 1 aliphatic heterocycles. The molecule has 1 saturated heterocycles. The van der Waals surface area contributed by atoms with E-state index in [9.17, 15) is 4.79 Å². The third kappa shape index (κ3) is 3.42. The zero-order valence-electron chi connectivity index (χ0n) is 15.8. The van der Waals surface area contributed by atoms with E-state index in [-0.39, 0.29) is 18.2 Å². The first-order valence-corrected chi connectivity index (χ1v) is 9.24. The summed E-state index contributed by atoms with van der Waals surface area (Å²) in [6.07, 6.45) is 2.02. The number of urea groups is 1. The van der Waals surface area contributed by atoms with E-state index in [1.807, 2.05) is 44.2 Å². The summed E-state index contributed by atoms with van der Waals surface area (Å²) < 4.78 is 13.3. The quantitative estimate of drug-likeness (QED) is 0.723. The molecule has 2 amide bonds. The molecule has 2 atom stereocenters. The van der Waals surface area contributed by atoms with Gasteiger partial charge in [0.2, 0.25) is 0 Å². The fraction of sp³-hybridized carbons (Fsp3) is 0.400. The summed E-state index contributed by atoms with van der Waals surface area (Å²) in [5.74, 6) is 1.39. The van der Waals surface area contributed by atoms with Crippen LogP contribution in [0.15, 0.2) is 34.7 Å². The van der Waals surface area contributed by atoms with Crippen LogP contribution in [0.4, 0.5) is 10.6 Å². The van der Waals surface area contributed by atoms with Gasteiger partial charge in [-0.3, -0.25) is 10.00 Å². The number of carbonyl (C=O) groups is 1. The first-order chi connectivity index (χ1) is 13.0. The zero-order valence-corrected chi connectivity index (χ0v) is 15.8. The molecule has 27 heavy (non-hydrogen) atoms. The summed E-state index contributed by atoms with van der Waals surface area (Å²) in [6, 6.07) is 9.18. The van der Waals surface area contributed by atoms with Crippen LogP contribution in [-0.4, -0.2) is 22.4 Å². The van der Waals surface area contributed by atoms with Gasteiger partial charge in [0.1, 0.15) is 23.3 Å². The monoisotopic (exact) mass is 368 g/mol. The molecule has 2 aromatic heterocycles. The van der Waals surface area contributed by atoms with Crippen molar-refractivity contribution in [2.75, 3.05) is 11.9 Å². The van der Waals surface area contributed by atoms with Gasteiger partial charge in [-0.25, -0.2) is 4.79 Å². The standard InChI is InChI=1S/C20H24N4O3/c1-12-14-7-4-5-8-16(14)27-19(12)13(2)21-20(25)22-18-11-15(23-24(18)3)17-9-6-10-26-17/h4-5,7-8,11,13,17H,6,9-10H2,1-3H3,(H2,21,22,25)/t13-,17?/m0/s1. The van der Waals surface area contributed by atoms with Crippen LogP contribution in [-0.2, 0) is 11.8 Å². The summed E-state index contributed by atoms with van der Waals surface area (Å²) in [4.78, 5) is 12.5. The van der Waals surface area contributed by atoms with Crippen LogP contribution in [0.3, 0.4) is 0 Å². The van der Waals surface area contributed by atoms with E-state index in [0.29, 0.717) is 5.82 Å². The van der Waals surface area contributed by atoms with Gasteiger partial charge in [-0.05, 0) is 32.8 Å². The lowest BCUT2D eigenvalue weighted by molar-refractivity contribution is 0.108. The third-order valence-corrected chi connectivity index (χ3v) is 5.02. The highest BCUT2D eigenvalue weighted by molar-refractivity contribution is 5.89. The van der Waals surface area contributed by atoms with Crippen molar-refractivity contribution in [3.8, 4) is 0 Å². The minimum atomic E-state index is -0.302. The lowest BCUT2D eigenvalue weighted by atomic mass is 10.1. The van der Waals surface area contributed by atoms with E-state index in [2.05, 4.69) is 15.7 Å². The van der Waals surface area contributed by atoms with Gasteiger partial charge in [0, 0.05) is 30.7 Å². The normalized spacial score (nSPS) is 18.0. The topological polar surface area (TPSA) is 81.3 Å². The van der Waals surface area contributed by atoms with E-state index in [1.165, 1.54) is 0 Å². The Hall–Kier alpha value is -2.80. The van der Waals surface area contributed by atoms with Gasteiger partial charge in [-0.15, -0.1) is 0 Å². The number of benzene rings is 1. The van der Waals surface area contributed by atoms with Crippen LogP contribution in [0.2, 0.25) is 0 Å². The second-order valence-electron chi connectivity index (χ2n) is 6.99. The van der Waals surface area contributed by atoms with Gasteiger partial charge in [-0.1, -0.05) is 18.2 Å². The smallest absolute Gasteiger partial charge is 0.320 e. The Morgan fingerprint density at radius 2 is 2.19 bits per heavy atom. The highest BCUT2D eigenvalue weighted by Gasteiger charge is 2.23. The van der Waals surface area contributed by atoms with Crippen molar-refractivity contribution in [1.82, 2.24) is 15.1 Å². The van der Waals surface area contributed by atoms with Gasteiger partial charge >= 0.3 is 6.03 Å². The maximum Gasteiger partial charge on any atom is 0.320 e. The van der Waals surface area contributed by atoms with Crippen molar-refractivity contribution < 1.29 is 13.9 Å². The number of anilines is 1. The number of hydrogen-bond acceptors (Lipinski definition) is 4. The molecule has 4 rings (SSSR count). The molecule has 142 valence electrons. The second kappa shape index (κ2) is 7.08. The lowest BCUT2D eigenvalue weighted by Gasteiger charge is -2.13. The molecule has 0 aliphatic carbocycles. The molecule has 3 heterocycles. The molecule has 0 bridgehead atoms. The van der Waals surface area contributed by atoms with Crippen LogP contribution >= 0.6 is 0 Å². The van der Waals surface area contributed by atoms with Crippen LogP contribution in [0.25, 0.3) is 11.0 Å². The molecular weight excluding hydrogens is 344 g/mol. The Labute approximate surface area is 157 Å². The van der Waals surface area contributed by atoms with Crippen molar-refractivity contribution in [1.29, 1.82) is 0 Å². The number of carbonyl (C=O) groups excluding carboxylic acids is 1. The van der Waals surface area contributed by atoms with Gasteiger partial charge in [0.25, 0.3) is 0 Å². The summed E-state index contributed by atoms with van der Waals surface area (Å²) in [7, 11) is 1.81. The second-order valence-corrected chi connectivity index (χ2v) is 6.99. The largest absolute Gasteiger partial charge is 0.459 e. The van der Waals surface area contributed by atoms with Gasteiger partial charge < -0.3 is 14.5 Å². The van der Waals surface area contributed by atoms with Gasteiger partial charge in [-0.2, -0.15) is 5.10 Å². The Morgan fingerprint density at radius 1 is 1.37 bits per heavy atom. The number of rotatable bonds is 4. The molecule has 0 saturated carbocycles. The molecule has 1 aliphatic rings. The van der Waals surface area contributed by atoms with E-state index >= 15 is 0 Å². The average molecular weight is 368 g/mol. The number of hydrogen-bond donors (Lipinski definition) is 2. The number of nitrogens with one attached hydrogen (secondary N) is 2. The minimum absolute atomic E-state index is 0.0203. The molecule has 7 heteroatoms. The predicted octanol–water partition coefficient (Wildman–Crippen LogP) is 4.21. The molecule has 7 nitrogen and oxygen atoms in total. The third-order valence-electron chi connectivity index (χ3n) is 5.02. The van der Waals surface area contributed by atoms with E-state index in [4.69, 9.17) is 9.15 Å². The first-order valence-electron chi connectivity index (χ1n) is 9.24. The minimum Gasteiger partial charge on any atom is -0.459 e. The molecule has 0 spiro atoms. The maximum absolute atomic E-state index is 12.5. The zero-order chi connectivity index (χ0) is 19.0. The van der Waals surface area contributed by atoms with Crippen molar-refractivity contribution >= 4 is 22.8 Å². The summed E-state index contributed by atoms with van der Waals surface area (Å²) >= 11 is 0. The van der Waals surface area contributed by atoms with Crippen LogP contribution in [0, 0.1) is 6.92 Å². The molecule has 3 aromatic rings. The fourth-order valence-electron chi connectivity index (χ4n) is 3.60. The summed E-state index contributed by atoms with van der Waals surface area (Å²) in [5, 5.41) is 11.3. The first kappa shape index (κ1) is 17.6. The van der Waals surface area contributed by atoms with E-state index < -0.39 is 0 Å². The Morgan fingerprint density at radius 3 is 2.93 bits per heavy atom. The predicted molar refractivity (Wildman–Crippen MR) is 103 cm³/mol. The number of aromatic nitrogens is 2. The van der Waals surface area contributed by atoms with Crippen molar-refractivity contribution in [3.63, 3.8) is 0 Å². The molecule has 2 N–H and O–H groups in total. The van der Waals surface area contributed by atoms with Gasteiger partial charge in [0.15, 0.2) is 0 Å². The van der Waals surface area contributed by atoms with Crippen molar-refractivity contribution in [2.24, 2.45) is 7.05 Å². The van der Waals surface area contributed by atoms with E-state index in [0.717, 1.165) is 47.4 Å². The summed E-state index contributed by atoms with van der Waals surface area (Å²) in [5.41, 5.74) is 2.72. The number of furan rings is 1. The number of ether oxygens (including phenoxy) is 1. The SMILES string of the molecule is Cc1c([C@H](C)NC(=O)Nc2cc(C3CCCO3)nn2C)oc2ccccc12. The molecule has 0 radical (unpaired) electrons. The average Bonchev–Trinajstić information content (AvgIpc) is 3.36. The summed E-state index contributed by atoms with van der Waals surface area (Å²) in [6.45, 7) is 4.68. The van der Waals surface area contributed by atoms with Crippen LogP contribution in [0.5, 0.6) is 0 Å². The fourth-order valence-corrected chi connectivity index (χ4v) is 3.60. The number of para-hydroxylation sites is 1. The van der Waals surface area contributed by atoms with Crippen molar-refractivity contribution in [3.05, 3.63) is 47.3 Å².